The molecule has 7 nitrogen and oxygen atoms in total. The lowest BCUT2D eigenvalue weighted by molar-refractivity contribution is -0.138. The molecular formula is C19H20F3N5O2. The number of hydrogen-bond acceptors (Lipinski definition) is 5. The van der Waals surface area contributed by atoms with Gasteiger partial charge in [0, 0.05) is 19.2 Å². The van der Waals surface area contributed by atoms with Crippen molar-refractivity contribution in [2.24, 2.45) is 0 Å². The standard InChI is InChI=1S/C19H20F3N5O2/c1-12-14(4-3-5-15(12)19(20,21)22)11-26-13(2)24-27-17(28)10-16(23-18(26)27)25-6-8-29-9-7-25/h3-5,10H,6-9,11H2,1-2H3. The van der Waals surface area contributed by atoms with E-state index in [1.807, 2.05) is 4.90 Å². The number of hydrogen-bond donors (Lipinski definition) is 0. The second-order valence-electron chi connectivity index (χ2n) is 6.98. The number of rotatable bonds is 3. The van der Waals surface area contributed by atoms with Crippen molar-refractivity contribution >= 4 is 11.6 Å². The van der Waals surface area contributed by atoms with Gasteiger partial charge in [0.15, 0.2) is 0 Å². The summed E-state index contributed by atoms with van der Waals surface area (Å²) < 4.78 is 48.0. The first-order chi connectivity index (χ1) is 13.8. The van der Waals surface area contributed by atoms with E-state index in [1.165, 1.54) is 23.6 Å². The predicted octanol–water partition coefficient (Wildman–Crippen LogP) is 2.41. The van der Waals surface area contributed by atoms with E-state index in [2.05, 4.69) is 10.1 Å². The summed E-state index contributed by atoms with van der Waals surface area (Å²) in [4.78, 5) is 19.1. The third kappa shape index (κ3) is 3.59. The number of alkyl halides is 3. The summed E-state index contributed by atoms with van der Waals surface area (Å²) in [5.41, 5.74) is -0.359. The van der Waals surface area contributed by atoms with Crippen molar-refractivity contribution < 1.29 is 17.9 Å². The van der Waals surface area contributed by atoms with Crippen LogP contribution in [0.15, 0.2) is 29.1 Å². The van der Waals surface area contributed by atoms with E-state index < -0.39 is 11.7 Å². The second-order valence-corrected chi connectivity index (χ2v) is 6.98. The largest absolute Gasteiger partial charge is 0.416 e. The summed E-state index contributed by atoms with van der Waals surface area (Å²) in [6, 6.07) is 5.52. The molecule has 1 aliphatic rings. The topological polar surface area (TPSA) is 64.7 Å². The van der Waals surface area contributed by atoms with Crippen LogP contribution in [0.25, 0.3) is 5.78 Å². The number of nitrogens with zero attached hydrogens (tertiary/aromatic N) is 5. The predicted molar refractivity (Wildman–Crippen MR) is 100 cm³/mol. The molecule has 1 fully saturated rings. The van der Waals surface area contributed by atoms with Gasteiger partial charge in [-0.05, 0) is 31.0 Å². The molecule has 0 spiro atoms. The highest BCUT2D eigenvalue weighted by atomic mass is 19.4. The lowest BCUT2D eigenvalue weighted by atomic mass is 10.0. The van der Waals surface area contributed by atoms with Crippen molar-refractivity contribution in [1.82, 2.24) is 19.2 Å². The van der Waals surface area contributed by atoms with Crippen LogP contribution in [0.3, 0.4) is 0 Å². The average Bonchev–Trinajstić information content (AvgIpc) is 2.99. The van der Waals surface area contributed by atoms with Crippen LogP contribution < -0.4 is 10.5 Å². The van der Waals surface area contributed by atoms with Crippen LogP contribution in [-0.4, -0.2) is 45.5 Å². The van der Waals surface area contributed by atoms with Crippen LogP contribution in [0.4, 0.5) is 19.0 Å². The molecule has 0 radical (unpaired) electrons. The molecule has 1 saturated heterocycles. The fraction of sp³-hybridized carbons (Fsp3) is 0.421. The molecule has 10 heteroatoms. The first-order valence-electron chi connectivity index (χ1n) is 9.21. The van der Waals surface area contributed by atoms with Gasteiger partial charge in [0.1, 0.15) is 11.6 Å². The Labute approximate surface area is 164 Å². The van der Waals surface area contributed by atoms with Crippen molar-refractivity contribution in [3.05, 3.63) is 57.1 Å². The zero-order valence-electron chi connectivity index (χ0n) is 16.0. The van der Waals surface area contributed by atoms with E-state index in [1.54, 1.807) is 17.6 Å². The molecule has 0 saturated carbocycles. The molecule has 0 bridgehead atoms. The Balaban J connectivity index is 1.79. The minimum atomic E-state index is -4.43. The molecule has 4 rings (SSSR count). The maximum absolute atomic E-state index is 13.3. The molecule has 0 unspecified atom stereocenters. The van der Waals surface area contributed by atoms with Gasteiger partial charge in [0.2, 0.25) is 5.78 Å². The SMILES string of the molecule is Cc1c(Cn2c(C)nn3c(=O)cc(N4CCOCC4)nc23)cccc1C(F)(F)F. The molecule has 3 aromatic rings. The number of aryl methyl sites for hydroxylation is 1. The molecule has 154 valence electrons. The minimum Gasteiger partial charge on any atom is -0.378 e. The van der Waals surface area contributed by atoms with Gasteiger partial charge in [0.25, 0.3) is 5.56 Å². The first-order valence-corrected chi connectivity index (χ1v) is 9.21. The van der Waals surface area contributed by atoms with E-state index >= 15 is 0 Å². The fourth-order valence-electron chi connectivity index (χ4n) is 3.54. The number of halogens is 3. The zero-order chi connectivity index (χ0) is 20.8. The maximum Gasteiger partial charge on any atom is 0.416 e. The molecular weight excluding hydrogens is 387 g/mol. The van der Waals surface area contributed by atoms with Gasteiger partial charge in [0.05, 0.1) is 25.3 Å². The summed E-state index contributed by atoms with van der Waals surface area (Å²) in [6.07, 6.45) is -4.43. The summed E-state index contributed by atoms with van der Waals surface area (Å²) in [5.74, 6) is 1.30. The number of fused-ring (bicyclic) bond motifs is 1. The van der Waals surface area contributed by atoms with Crippen molar-refractivity contribution in [2.75, 3.05) is 31.2 Å². The molecule has 3 heterocycles. The number of aromatic nitrogens is 4. The van der Waals surface area contributed by atoms with Crippen LogP contribution in [-0.2, 0) is 17.5 Å². The molecule has 0 amide bonds. The minimum absolute atomic E-state index is 0.129. The quantitative estimate of drug-likeness (QED) is 0.667. The Morgan fingerprint density at radius 3 is 2.59 bits per heavy atom. The Hall–Kier alpha value is -2.88. The highest BCUT2D eigenvalue weighted by Gasteiger charge is 2.33. The molecule has 29 heavy (non-hydrogen) atoms. The Kier molecular flexibility index (Phi) is 4.81. The third-order valence-corrected chi connectivity index (χ3v) is 5.16. The van der Waals surface area contributed by atoms with Crippen molar-refractivity contribution in [1.29, 1.82) is 0 Å². The van der Waals surface area contributed by atoms with Crippen molar-refractivity contribution in [3.8, 4) is 0 Å². The van der Waals surface area contributed by atoms with Gasteiger partial charge in [-0.25, -0.2) is 0 Å². The molecule has 1 aromatic carbocycles. The van der Waals surface area contributed by atoms with Gasteiger partial charge in [-0.15, -0.1) is 5.10 Å². The average molecular weight is 407 g/mol. The molecule has 0 aliphatic carbocycles. The molecule has 1 aliphatic heterocycles. The van der Waals surface area contributed by atoms with E-state index in [0.29, 0.717) is 49.3 Å². The van der Waals surface area contributed by atoms with Gasteiger partial charge < -0.3 is 9.64 Å². The number of morpholine rings is 1. The van der Waals surface area contributed by atoms with Gasteiger partial charge in [-0.3, -0.25) is 9.36 Å². The summed E-state index contributed by atoms with van der Waals surface area (Å²) >= 11 is 0. The van der Waals surface area contributed by atoms with Gasteiger partial charge in [-0.2, -0.15) is 22.7 Å². The van der Waals surface area contributed by atoms with Crippen molar-refractivity contribution in [3.63, 3.8) is 0 Å². The Bertz CT molecular complexity index is 1110. The Morgan fingerprint density at radius 1 is 1.17 bits per heavy atom. The normalized spacial score (nSPS) is 15.3. The molecule has 0 atom stereocenters. The zero-order valence-corrected chi connectivity index (χ0v) is 16.0. The van der Waals surface area contributed by atoms with Crippen LogP contribution in [0.1, 0.15) is 22.5 Å². The lowest BCUT2D eigenvalue weighted by Gasteiger charge is -2.27. The van der Waals surface area contributed by atoms with Crippen LogP contribution in [0.2, 0.25) is 0 Å². The monoisotopic (exact) mass is 407 g/mol. The summed E-state index contributed by atoms with van der Waals surface area (Å²) in [6.45, 7) is 5.59. The highest BCUT2D eigenvalue weighted by molar-refractivity contribution is 5.46. The van der Waals surface area contributed by atoms with E-state index in [0.717, 1.165) is 6.07 Å². The fourth-order valence-corrected chi connectivity index (χ4v) is 3.54. The smallest absolute Gasteiger partial charge is 0.378 e. The number of ether oxygens (including phenoxy) is 1. The lowest BCUT2D eigenvalue weighted by Crippen LogP contribution is -2.37. The van der Waals surface area contributed by atoms with E-state index in [4.69, 9.17) is 4.74 Å². The third-order valence-electron chi connectivity index (χ3n) is 5.16. The van der Waals surface area contributed by atoms with E-state index in [9.17, 15) is 18.0 Å². The summed E-state index contributed by atoms with van der Waals surface area (Å²) in [5, 5.41) is 4.24. The molecule has 2 aromatic heterocycles. The molecule has 0 N–H and O–H groups in total. The summed E-state index contributed by atoms with van der Waals surface area (Å²) in [7, 11) is 0. The van der Waals surface area contributed by atoms with E-state index in [-0.39, 0.29) is 17.7 Å². The number of benzene rings is 1. The number of anilines is 1. The maximum atomic E-state index is 13.3. The Morgan fingerprint density at radius 2 is 1.90 bits per heavy atom. The second kappa shape index (κ2) is 7.18. The van der Waals surface area contributed by atoms with Crippen LogP contribution >= 0.6 is 0 Å². The van der Waals surface area contributed by atoms with Crippen LogP contribution in [0, 0.1) is 13.8 Å². The first kappa shape index (κ1) is 19.4. The van der Waals surface area contributed by atoms with Crippen molar-refractivity contribution in [2.45, 2.75) is 26.6 Å². The highest BCUT2D eigenvalue weighted by Crippen LogP contribution is 2.33. The van der Waals surface area contributed by atoms with Crippen LogP contribution in [0.5, 0.6) is 0 Å². The van der Waals surface area contributed by atoms with Gasteiger partial charge in [-0.1, -0.05) is 12.1 Å². The van der Waals surface area contributed by atoms with Gasteiger partial charge >= 0.3 is 6.18 Å².